The molecule has 0 amide bonds. The van der Waals surface area contributed by atoms with Crippen molar-refractivity contribution < 1.29 is 51.2 Å². The van der Waals surface area contributed by atoms with Crippen LogP contribution in [0.25, 0.3) is 0 Å². The van der Waals surface area contributed by atoms with Gasteiger partial charge in [-0.25, -0.2) is 8.42 Å². The molecule has 5 atom stereocenters. The molecule has 0 N–H and O–H groups in total. The third kappa shape index (κ3) is 9.96. The molecule has 1 aliphatic heterocycles. The summed E-state index contributed by atoms with van der Waals surface area (Å²) >= 11 is 0. The van der Waals surface area contributed by atoms with Crippen molar-refractivity contribution in [2.75, 3.05) is 12.4 Å². The van der Waals surface area contributed by atoms with E-state index in [0.29, 0.717) is 25.9 Å². The molecular formula is C39H45N3O11S. The van der Waals surface area contributed by atoms with Crippen molar-refractivity contribution in [1.29, 1.82) is 0 Å². The van der Waals surface area contributed by atoms with Gasteiger partial charge in [-0.1, -0.05) is 103 Å². The first-order valence-electron chi connectivity index (χ1n) is 17.6. The van der Waals surface area contributed by atoms with E-state index in [-0.39, 0.29) is 18.1 Å². The number of aromatic nitrogens is 3. The summed E-state index contributed by atoms with van der Waals surface area (Å²) in [5.41, 5.74) is 2.24. The lowest BCUT2D eigenvalue weighted by Gasteiger charge is -2.43. The Balaban J connectivity index is 1.19. The third-order valence-electron chi connectivity index (χ3n) is 8.74. The Hall–Kier alpha value is -4.96. The maximum absolute atomic E-state index is 13.2. The van der Waals surface area contributed by atoms with Crippen LogP contribution in [-0.2, 0) is 65.0 Å². The van der Waals surface area contributed by atoms with E-state index in [1.165, 1.54) is 13.1 Å². The Labute approximate surface area is 314 Å². The van der Waals surface area contributed by atoms with Gasteiger partial charge in [-0.05, 0) is 36.5 Å². The van der Waals surface area contributed by atoms with Crippen LogP contribution >= 0.6 is 0 Å². The van der Waals surface area contributed by atoms with E-state index in [1.54, 1.807) is 6.92 Å². The minimum absolute atomic E-state index is 0.148. The van der Waals surface area contributed by atoms with Crippen molar-refractivity contribution in [3.05, 3.63) is 120 Å². The van der Waals surface area contributed by atoms with Crippen LogP contribution in [0.1, 0.15) is 69.3 Å². The summed E-state index contributed by atoms with van der Waals surface area (Å²) in [6, 6.07) is 30.1. The number of hydrogen-bond donors (Lipinski definition) is 0. The zero-order valence-corrected chi connectivity index (χ0v) is 31.4. The highest BCUT2D eigenvalue weighted by Crippen LogP contribution is 2.40. The summed E-state index contributed by atoms with van der Waals surface area (Å²) in [5.74, 6) is -2.27. The largest absolute Gasteiger partial charge is 0.456 e. The predicted molar refractivity (Wildman–Crippen MR) is 194 cm³/mol. The van der Waals surface area contributed by atoms with Crippen LogP contribution in [-0.4, -0.2) is 83.8 Å². The number of nitrogens with zero attached hydrogens (tertiary/aromatic N) is 3. The lowest BCUT2D eigenvalue weighted by Crippen LogP contribution is -2.61. The fraction of sp³-hybridized carbons (Fsp3) is 0.410. The van der Waals surface area contributed by atoms with E-state index in [0.717, 1.165) is 34.6 Å². The molecule has 0 aliphatic carbocycles. The van der Waals surface area contributed by atoms with Crippen LogP contribution in [0.4, 0.5) is 0 Å². The predicted octanol–water partition coefficient (Wildman–Crippen LogP) is 4.69. The summed E-state index contributed by atoms with van der Waals surface area (Å²) < 4.78 is 61.8. The molecule has 0 spiro atoms. The van der Waals surface area contributed by atoms with Gasteiger partial charge in [0.15, 0.2) is 24.6 Å². The highest BCUT2D eigenvalue weighted by Gasteiger charge is 2.51. The lowest BCUT2D eigenvalue weighted by atomic mass is 9.80. The average Bonchev–Trinajstić information content (AvgIpc) is 3.64. The quantitative estimate of drug-likeness (QED) is 0.0629. The lowest BCUT2D eigenvalue weighted by molar-refractivity contribution is -0.303. The topological polar surface area (TPSA) is 171 Å². The van der Waals surface area contributed by atoms with E-state index in [9.17, 15) is 22.8 Å². The number of ether oxygens (including phenoxy) is 6. The molecular weight excluding hydrogens is 719 g/mol. The Kier molecular flexibility index (Phi) is 13.7. The van der Waals surface area contributed by atoms with E-state index < -0.39 is 64.2 Å². The molecule has 288 valence electrons. The summed E-state index contributed by atoms with van der Waals surface area (Å²) in [7, 11) is -3.86. The van der Waals surface area contributed by atoms with Crippen molar-refractivity contribution in [2.45, 2.75) is 89.9 Å². The molecule has 0 unspecified atom stereocenters. The van der Waals surface area contributed by atoms with Crippen molar-refractivity contribution in [3.8, 4) is 0 Å². The standard InChI is InChI=1S/C39H45N3O11S/c1-27-35(51-28(2)43)36(52-29(3)44)37(53-30(4)45)38(50-27)48-26-34-25-42(41-40-34)54(46,47)24-16-8-15-23-49-39(31-17-9-5-10-18-31,32-19-11-6-12-20-32)33-21-13-7-14-22-33/h5-7,9-14,17-22,25,27,35-38H,8,15-16,23-24,26H2,1-4H3/t27-,35+,36+,37-,38-/m1/s1. The van der Waals surface area contributed by atoms with Gasteiger partial charge in [-0.3, -0.25) is 14.4 Å². The van der Waals surface area contributed by atoms with Crippen LogP contribution in [0.5, 0.6) is 0 Å². The van der Waals surface area contributed by atoms with E-state index in [4.69, 9.17) is 28.4 Å². The number of benzene rings is 3. The Morgan fingerprint density at radius 3 is 1.74 bits per heavy atom. The molecule has 4 aromatic rings. The maximum Gasteiger partial charge on any atom is 0.303 e. The minimum Gasteiger partial charge on any atom is -0.456 e. The fourth-order valence-corrected chi connectivity index (χ4v) is 7.59. The fourth-order valence-electron chi connectivity index (χ4n) is 6.40. The van der Waals surface area contributed by atoms with Crippen molar-refractivity contribution in [3.63, 3.8) is 0 Å². The minimum atomic E-state index is -3.86. The van der Waals surface area contributed by atoms with Crippen LogP contribution in [0, 0.1) is 0 Å². The first-order valence-corrected chi connectivity index (χ1v) is 19.3. The van der Waals surface area contributed by atoms with Gasteiger partial charge in [-0.15, -0.1) is 9.19 Å². The van der Waals surface area contributed by atoms with Crippen LogP contribution < -0.4 is 0 Å². The molecule has 2 heterocycles. The molecule has 3 aromatic carbocycles. The molecule has 0 bridgehead atoms. The molecule has 54 heavy (non-hydrogen) atoms. The molecule has 1 fully saturated rings. The molecule has 1 saturated heterocycles. The molecule has 15 heteroatoms. The van der Waals surface area contributed by atoms with E-state index in [1.807, 2.05) is 91.0 Å². The Morgan fingerprint density at radius 1 is 0.722 bits per heavy atom. The summed E-state index contributed by atoms with van der Waals surface area (Å²) in [5, 5.41) is 7.74. The van der Waals surface area contributed by atoms with Gasteiger partial charge in [0, 0.05) is 27.4 Å². The Morgan fingerprint density at radius 2 is 1.22 bits per heavy atom. The third-order valence-corrected chi connectivity index (χ3v) is 10.3. The molecule has 0 saturated carbocycles. The highest BCUT2D eigenvalue weighted by molar-refractivity contribution is 7.89. The SMILES string of the molecule is CC(=O)O[C@H]1[C@@H](OC(C)=O)[C@@H](C)O[C@@H](OCc2cn(S(=O)(=O)CCCCCOC(c3ccccc3)(c3ccccc3)c3ccccc3)nn2)[C@@H]1OC(C)=O. The molecule has 0 radical (unpaired) electrons. The van der Waals surface area contributed by atoms with Crippen LogP contribution in [0.2, 0.25) is 0 Å². The zero-order chi connectivity index (χ0) is 38.7. The van der Waals surface area contributed by atoms with E-state index >= 15 is 0 Å². The highest BCUT2D eigenvalue weighted by atomic mass is 32.2. The average molecular weight is 764 g/mol. The normalized spacial score (nSPS) is 20.2. The number of carbonyl (C=O) groups excluding carboxylic acids is 3. The van der Waals surface area contributed by atoms with Crippen molar-refractivity contribution in [2.24, 2.45) is 0 Å². The van der Waals surface area contributed by atoms with Gasteiger partial charge in [0.05, 0.1) is 24.7 Å². The molecule has 14 nitrogen and oxygen atoms in total. The van der Waals surface area contributed by atoms with Gasteiger partial charge < -0.3 is 28.4 Å². The smallest absolute Gasteiger partial charge is 0.303 e. The number of unbranched alkanes of at least 4 members (excludes halogenated alkanes) is 2. The van der Waals surface area contributed by atoms with Gasteiger partial charge in [-0.2, -0.15) is 0 Å². The molecule has 1 aromatic heterocycles. The zero-order valence-electron chi connectivity index (χ0n) is 30.6. The first kappa shape index (κ1) is 40.2. The van der Waals surface area contributed by atoms with Crippen LogP contribution in [0.3, 0.4) is 0 Å². The monoisotopic (exact) mass is 763 g/mol. The molecule has 5 rings (SSSR count). The second kappa shape index (κ2) is 18.4. The number of esters is 3. The van der Waals surface area contributed by atoms with Gasteiger partial charge in [0.25, 0.3) is 10.0 Å². The molecule has 1 aliphatic rings. The van der Waals surface area contributed by atoms with Crippen molar-refractivity contribution >= 4 is 27.9 Å². The summed E-state index contributed by atoms with van der Waals surface area (Å²) in [6.45, 7) is 5.15. The summed E-state index contributed by atoms with van der Waals surface area (Å²) in [6.07, 6.45) is -2.99. The van der Waals surface area contributed by atoms with Gasteiger partial charge >= 0.3 is 17.9 Å². The number of rotatable bonds is 17. The second-order valence-electron chi connectivity index (χ2n) is 12.8. The second-order valence-corrected chi connectivity index (χ2v) is 14.8. The van der Waals surface area contributed by atoms with E-state index in [2.05, 4.69) is 10.3 Å². The summed E-state index contributed by atoms with van der Waals surface area (Å²) in [4.78, 5) is 35.7. The van der Waals surface area contributed by atoms with Crippen molar-refractivity contribution in [1.82, 2.24) is 14.4 Å². The van der Waals surface area contributed by atoms with Gasteiger partial charge in [0.2, 0.25) is 0 Å². The van der Waals surface area contributed by atoms with Crippen LogP contribution in [0.15, 0.2) is 97.2 Å². The number of carbonyl (C=O) groups is 3. The first-order chi connectivity index (χ1) is 25.9. The number of hydrogen-bond acceptors (Lipinski definition) is 13. The Bertz CT molecular complexity index is 1850. The van der Waals surface area contributed by atoms with Gasteiger partial charge in [0.1, 0.15) is 11.3 Å². The maximum atomic E-state index is 13.2.